The van der Waals surface area contributed by atoms with Crippen LogP contribution in [0.2, 0.25) is 0 Å². The van der Waals surface area contributed by atoms with Crippen LogP contribution in [0.5, 0.6) is 0 Å². The van der Waals surface area contributed by atoms with Crippen LogP contribution in [0, 0.1) is 6.92 Å². The number of H-pyrrole nitrogens is 1. The Balaban J connectivity index is 2.29. The number of alkyl carbamates (subject to hydrolysis) is 1. The van der Waals surface area contributed by atoms with E-state index in [2.05, 4.69) is 10.4 Å². The van der Waals surface area contributed by atoms with Crippen molar-refractivity contribution in [1.29, 1.82) is 0 Å². The largest absolute Gasteiger partial charge is 0.458 e. The summed E-state index contributed by atoms with van der Waals surface area (Å²) in [6, 6.07) is 6.37. The first kappa shape index (κ1) is 23.3. The van der Waals surface area contributed by atoms with Crippen molar-refractivity contribution in [2.75, 3.05) is 0 Å². The first-order chi connectivity index (χ1) is 13.8. The minimum absolute atomic E-state index is 0.0393. The van der Waals surface area contributed by atoms with Gasteiger partial charge in [-0.3, -0.25) is 9.89 Å². The van der Waals surface area contributed by atoms with Gasteiger partial charge >= 0.3 is 12.1 Å². The molecule has 0 spiro atoms. The number of esters is 1. The number of aromatic amines is 1. The van der Waals surface area contributed by atoms with Crippen molar-refractivity contribution < 1.29 is 19.1 Å². The van der Waals surface area contributed by atoms with E-state index in [0.29, 0.717) is 11.3 Å². The molecule has 0 unspecified atom stereocenters. The normalized spacial score (nSPS) is 12.9. The predicted octanol–water partition coefficient (Wildman–Crippen LogP) is 3.25. The first-order valence-corrected chi connectivity index (χ1v) is 9.84. The molecule has 0 aliphatic carbocycles. The highest BCUT2D eigenvalue weighted by Gasteiger charge is 2.30. The molecule has 0 fully saturated rings. The Morgan fingerprint density at radius 1 is 1.07 bits per heavy atom. The summed E-state index contributed by atoms with van der Waals surface area (Å²) in [6.45, 7) is 12.3. The van der Waals surface area contributed by atoms with Crippen molar-refractivity contribution in [1.82, 2.24) is 15.1 Å². The molecule has 0 saturated carbocycles. The van der Waals surface area contributed by atoms with Gasteiger partial charge in [0.15, 0.2) is 0 Å². The van der Waals surface area contributed by atoms with Gasteiger partial charge in [-0.2, -0.15) is 0 Å². The maximum Gasteiger partial charge on any atom is 0.408 e. The number of para-hydroxylation sites is 1. The lowest BCUT2D eigenvalue weighted by atomic mass is 10.1. The van der Waals surface area contributed by atoms with Gasteiger partial charge < -0.3 is 14.8 Å². The molecule has 2 rings (SSSR count). The molecule has 0 bridgehead atoms. The van der Waals surface area contributed by atoms with Gasteiger partial charge in [0.2, 0.25) is 0 Å². The maximum absolute atomic E-state index is 12.9. The van der Waals surface area contributed by atoms with Crippen LogP contribution >= 0.6 is 0 Å². The van der Waals surface area contributed by atoms with Gasteiger partial charge in [-0.15, -0.1) is 0 Å². The summed E-state index contributed by atoms with van der Waals surface area (Å²) >= 11 is 0. The lowest BCUT2D eigenvalue weighted by Crippen LogP contribution is -2.47. The second-order valence-electron chi connectivity index (χ2n) is 9.16. The number of carbonyl (C=O) groups is 2. The van der Waals surface area contributed by atoms with Crippen molar-refractivity contribution in [3.05, 3.63) is 51.9 Å². The molecular formula is C22H31N3O5. The predicted molar refractivity (Wildman–Crippen MR) is 114 cm³/mol. The van der Waals surface area contributed by atoms with Gasteiger partial charge in [-0.25, -0.2) is 14.3 Å². The fourth-order valence-corrected chi connectivity index (χ4v) is 2.78. The zero-order valence-electron chi connectivity index (χ0n) is 18.7. The van der Waals surface area contributed by atoms with Gasteiger partial charge in [0.05, 0.1) is 5.69 Å². The summed E-state index contributed by atoms with van der Waals surface area (Å²) in [7, 11) is 0. The standard InChI is InChI=1S/C22H31N3O5/c1-14-10-8-9-11-17(14)25-18(26)15(13-23-25)12-16(19(27)29-21(2,3)4)24-20(28)30-22(5,6)7/h8-11,13,16,23H,12H2,1-7H3,(H,24,28)/t16-/m0/s1. The Labute approximate surface area is 176 Å². The van der Waals surface area contributed by atoms with Gasteiger partial charge in [-0.05, 0) is 60.1 Å². The molecule has 2 aromatic rings. The number of nitrogens with zero attached hydrogens (tertiary/aromatic N) is 1. The number of rotatable bonds is 5. The van der Waals surface area contributed by atoms with E-state index in [1.54, 1.807) is 41.5 Å². The topological polar surface area (TPSA) is 102 Å². The molecule has 0 saturated heterocycles. The first-order valence-electron chi connectivity index (χ1n) is 9.84. The van der Waals surface area contributed by atoms with E-state index in [-0.39, 0.29) is 12.0 Å². The third kappa shape index (κ3) is 6.50. The number of aryl methyl sites for hydroxylation is 1. The van der Waals surface area contributed by atoms with Gasteiger partial charge in [0.25, 0.3) is 5.56 Å². The molecule has 1 atom stereocenters. The van der Waals surface area contributed by atoms with Crippen LogP contribution in [0.25, 0.3) is 5.69 Å². The molecule has 164 valence electrons. The van der Waals surface area contributed by atoms with Crippen LogP contribution in [0.4, 0.5) is 4.79 Å². The van der Waals surface area contributed by atoms with E-state index in [1.165, 1.54) is 10.9 Å². The fraction of sp³-hybridized carbons (Fsp3) is 0.500. The molecule has 1 heterocycles. The number of aromatic nitrogens is 2. The molecule has 8 nitrogen and oxygen atoms in total. The number of nitrogens with one attached hydrogen (secondary N) is 2. The Morgan fingerprint density at radius 3 is 2.23 bits per heavy atom. The van der Waals surface area contributed by atoms with E-state index >= 15 is 0 Å². The fourth-order valence-electron chi connectivity index (χ4n) is 2.78. The minimum Gasteiger partial charge on any atom is -0.458 e. The Hall–Kier alpha value is -3.03. The summed E-state index contributed by atoms with van der Waals surface area (Å²) in [5, 5.41) is 5.46. The van der Waals surface area contributed by atoms with Crippen LogP contribution in [0.15, 0.2) is 35.3 Å². The number of amides is 1. The molecule has 0 radical (unpaired) electrons. The van der Waals surface area contributed by atoms with E-state index in [1.807, 2.05) is 31.2 Å². The Morgan fingerprint density at radius 2 is 1.67 bits per heavy atom. The van der Waals surface area contributed by atoms with Crippen molar-refractivity contribution in [3.8, 4) is 5.69 Å². The quantitative estimate of drug-likeness (QED) is 0.727. The number of carbonyl (C=O) groups excluding carboxylic acids is 2. The van der Waals surface area contributed by atoms with Crippen molar-refractivity contribution in [2.45, 2.75) is 72.1 Å². The van der Waals surface area contributed by atoms with Crippen molar-refractivity contribution in [2.24, 2.45) is 0 Å². The van der Waals surface area contributed by atoms with Gasteiger partial charge in [0.1, 0.15) is 17.2 Å². The lowest BCUT2D eigenvalue weighted by Gasteiger charge is -2.26. The molecule has 1 aromatic heterocycles. The highest BCUT2D eigenvalue weighted by Crippen LogP contribution is 2.14. The molecule has 8 heteroatoms. The monoisotopic (exact) mass is 417 g/mol. The van der Waals surface area contributed by atoms with Crippen LogP contribution in [-0.2, 0) is 20.7 Å². The maximum atomic E-state index is 12.9. The minimum atomic E-state index is -1.08. The number of benzene rings is 1. The molecule has 2 N–H and O–H groups in total. The summed E-state index contributed by atoms with van der Waals surface area (Å²) in [6.07, 6.45) is 0.735. The zero-order valence-corrected chi connectivity index (χ0v) is 18.7. The van der Waals surface area contributed by atoms with E-state index in [4.69, 9.17) is 9.47 Å². The van der Waals surface area contributed by atoms with E-state index in [9.17, 15) is 14.4 Å². The average Bonchev–Trinajstić information content (AvgIpc) is 2.92. The molecule has 0 aliphatic rings. The Bertz CT molecular complexity index is 960. The number of hydrogen-bond donors (Lipinski definition) is 2. The van der Waals surface area contributed by atoms with E-state index < -0.39 is 29.3 Å². The molecule has 1 amide bonds. The van der Waals surface area contributed by atoms with Crippen LogP contribution in [0.1, 0.15) is 52.7 Å². The second kappa shape index (κ2) is 8.77. The molecule has 30 heavy (non-hydrogen) atoms. The molecule has 1 aromatic carbocycles. The SMILES string of the molecule is Cc1ccccc1-n1[nH]cc(C[C@H](NC(=O)OC(C)(C)C)C(=O)OC(C)(C)C)c1=O. The van der Waals surface area contributed by atoms with Gasteiger partial charge in [0, 0.05) is 18.2 Å². The van der Waals surface area contributed by atoms with Crippen LogP contribution < -0.4 is 10.9 Å². The smallest absolute Gasteiger partial charge is 0.408 e. The third-order valence-corrected chi connectivity index (χ3v) is 4.01. The molecule has 0 aliphatic heterocycles. The van der Waals surface area contributed by atoms with Crippen LogP contribution in [-0.4, -0.2) is 39.1 Å². The average molecular weight is 418 g/mol. The molecular weight excluding hydrogens is 386 g/mol. The van der Waals surface area contributed by atoms with E-state index in [0.717, 1.165) is 5.56 Å². The van der Waals surface area contributed by atoms with Crippen LogP contribution in [0.3, 0.4) is 0 Å². The lowest BCUT2D eigenvalue weighted by molar-refractivity contribution is -0.157. The summed E-state index contributed by atoms with van der Waals surface area (Å²) < 4.78 is 12.1. The highest BCUT2D eigenvalue weighted by atomic mass is 16.6. The summed E-state index contributed by atoms with van der Waals surface area (Å²) in [5.74, 6) is -0.642. The highest BCUT2D eigenvalue weighted by molar-refractivity contribution is 5.82. The summed E-state index contributed by atoms with van der Waals surface area (Å²) in [5.41, 5.74) is 0.193. The number of hydrogen-bond acceptors (Lipinski definition) is 5. The second-order valence-corrected chi connectivity index (χ2v) is 9.16. The van der Waals surface area contributed by atoms with Gasteiger partial charge in [-0.1, -0.05) is 18.2 Å². The summed E-state index contributed by atoms with van der Waals surface area (Å²) in [4.78, 5) is 37.9. The van der Waals surface area contributed by atoms with Crippen molar-refractivity contribution >= 4 is 12.1 Å². The zero-order chi connectivity index (χ0) is 22.7. The third-order valence-electron chi connectivity index (χ3n) is 4.01. The Kier molecular flexibility index (Phi) is 6.80. The van der Waals surface area contributed by atoms with Crippen molar-refractivity contribution in [3.63, 3.8) is 0 Å². The number of ether oxygens (including phenoxy) is 2.